The highest BCUT2D eigenvalue weighted by Gasteiger charge is 2.50. The molecule has 1 aliphatic rings. The largest absolute Gasteiger partial charge is 0.494 e. The minimum atomic E-state index is -4.48. The number of rotatable bonds is 10. The van der Waals surface area contributed by atoms with Crippen LogP contribution < -0.4 is 15.6 Å². The van der Waals surface area contributed by atoms with Gasteiger partial charge < -0.3 is 14.6 Å². The Morgan fingerprint density at radius 1 is 1.18 bits per heavy atom. The lowest BCUT2D eigenvalue weighted by Crippen LogP contribution is -2.57. The number of hydrazine groups is 1. The van der Waals surface area contributed by atoms with Crippen LogP contribution in [0.3, 0.4) is 0 Å². The summed E-state index contributed by atoms with van der Waals surface area (Å²) < 4.78 is 49.0. The summed E-state index contributed by atoms with van der Waals surface area (Å²) in [6.07, 6.45) is -4.57. The number of aliphatic hydroxyl groups is 1. The van der Waals surface area contributed by atoms with Crippen LogP contribution >= 0.6 is 0 Å². The smallest absolute Gasteiger partial charge is 0.402 e. The van der Waals surface area contributed by atoms with Crippen LogP contribution in [0.2, 0.25) is 0 Å². The minimum Gasteiger partial charge on any atom is -0.494 e. The SMILES string of the molecule is C[C@@H]1OC(c2ccc(OCCCO)cc2)=N[C@]1(Cc1ccccc1)C(=O)NNCC(F)(F)F. The fraction of sp³-hybridized carbons (Fsp3) is 0.391. The molecule has 2 aromatic rings. The summed E-state index contributed by atoms with van der Waals surface area (Å²) in [6, 6.07) is 15.9. The van der Waals surface area contributed by atoms with Crippen molar-refractivity contribution < 1.29 is 32.5 Å². The molecule has 3 rings (SSSR count). The minimum absolute atomic E-state index is 0.0318. The molecule has 2 aromatic carbocycles. The number of nitrogens with zero attached hydrogens (tertiary/aromatic N) is 1. The molecule has 1 aliphatic heterocycles. The number of carbonyl (C=O) groups excluding carboxylic acids is 1. The fourth-order valence-electron chi connectivity index (χ4n) is 3.38. The number of halogens is 3. The Labute approximate surface area is 189 Å². The van der Waals surface area contributed by atoms with Crippen LogP contribution in [0.4, 0.5) is 13.2 Å². The molecule has 0 spiro atoms. The zero-order chi connectivity index (χ0) is 23.9. The van der Waals surface area contributed by atoms with E-state index in [1.165, 1.54) is 0 Å². The number of ether oxygens (including phenoxy) is 2. The molecular weight excluding hydrogens is 439 g/mol. The lowest BCUT2D eigenvalue weighted by atomic mass is 9.86. The van der Waals surface area contributed by atoms with Crippen molar-refractivity contribution in [3.05, 3.63) is 65.7 Å². The van der Waals surface area contributed by atoms with E-state index in [1.54, 1.807) is 31.2 Å². The number of amides is 1. The third-order valence-corrected chi connectivity index (χ3v) is 5.13. The van der Waals surface area contributed by atoms with Crippen molar-refractivity contribution in [2.24, 2.45) is 4.99 Å². The highest BCUT2D eigenvalue weighted by atomic mass is 19.4. The van der Waals surface area contributed by atoms with Crippen molar-refractivity contribution >= 4 is 11.8 Å². The van der Waals surface area contributed by atoms with E-state index in [0.29, 0.717) is 24.3 Å². The van der Waals surface area contributed by atoms with Gasteiger partial charge >= 0.3 is 6.18 Å². The first-order valence-electron chi connectivity index (χ1n) is 10.5. The van der Waals surface area contributed by atoms with Gasteiger partial charge in [0.2, 0.25) is 5.90 Å². The van der Waals surface area contributed by atoms with Crippen LogP contribution in [-0.2, 0) is 16.0 Å². The summed E-state index contributed by atoms with van der Waals surface area (Å²) in [6.45, 7) is 0.693. The summed E-state index contributed by atoms with van der Waals surface area (Å²) in [4.78, 5) is 17.7. The first-order valence-corrected chi connectivity index (χ1v) is 10.5. The van der Waals surface area contributed by atoms with Crippen LogP contribution in [0.15, 0.2) is 59.6 Å². The van der Waals surface area contributed by atoms with Crippen molar-refractivity contribution in [1.29, 1.82) is 0 Å². The predicted octanol–water partition coefficient (Wildman–Crippen LogP) is 2.78. The number of aliphatic hydroxyl groups excluding tert-OH is 1. The van der Waals surface area contributed by atoms with Gasteiger partial charge in [-0.25, -0.2) is 10.4 Å². The van der Waals surface area contributed by atoms with Gasteiger partial charge in [-0.1, -0.05) is 30.3 Å². The second kappa shape index (κ2) is 10.7. The number of aliphatic imine (C=N–C) groups is 1. The summed E-state index contributed by atoms with van der Waals surface area (Å²) in [5, 5.41) is 8.85. The molecule has 0 saturated heterocycles. The van der Waals surface area contributed by atoms with E-state index in [2.05, 4.69) is 10.4 Å². The second-order valence-electron chi connectivity index (χ2n) is 7.64. The van der Waals surface area contributed by atoms with Gasteiger partial charge in [0.05, 0.1) is 6.61 Å². The molecule has 1 amide bonds. The van der Waals surface area contributed by atoms with E-state index >= 15 is 0 Å². The van der Waals surface area contributed by atoms with Gasteiger partial charge in [-0.2, -0.15) is 13.2 Å². The van der Waals surface area contributed by atoms with E-state index < -0.39 is 30.3 Å². The normalized spacial score (nSPS) is 20.2. The molecule has 33 heavy (non-hydrogen) atoms. The molecule has 0 radical (unpaired) electrons. The lowest BCUT2D eigenvalue weighted by molar-refractivity contribution is -0.136. The zero-order valence-electron chi connectivity index (χ0n) is 18.1. The maximum absolute atomic E-state index is 13.1. The van der Waals surface area contributed by atoms with Gasteiger partial charge in [-0.3, -0.25) is 10.2 Å². The first kappa shape index (κ1) is 24.5. The van der Waals surface area contributed by atoms with Gasteiger partial charge in [0, 0.05) is 25.0 Å². The average Bonchev–Trinajstić information content (AvgIpc) is 3.11. The summed E-state index contributed by atoms with van der Waals surface area (Å²) in [5.74, 6) is 0.0943. The number of hydrogen-bond donors (Lipinski definition) is 3. The Hall–Kier alpha value is -3.11. The van der Waals surface area contributed by atoms with Crippen molar-refractivity contribution in [2.45, 2.75) is 37.6 Å². The highest BCUT2D eigenvalue weighted by Crippen LogP contribution is 2.32. The van der Waals surface area contributed by atoms with Crippen molar-refractivity contribution in [3.63, 3.8) is 0 Å². The van der Waals surface area contributed by atoms with Crippen molar-refractivity contribution in [3.8, 4) is 5.75 Å². The molecule has 3 N–H and O–H groups in total. The standard InChI is InChI=1S/C23H26F3N3O4/c1-16-22(14-17-6-3-2-4-7-17,21(31)29-27-15-23(24,25)26)28-20(33-16)18-8-10-19(11-9-18)32-13-5-12-30/h2-4,6-11,16,27,30H,5,12-15H2,1H3,(H,29,31)/t16-,22-/m0/s1. The van der Waals surface area contributed by atoms with E-state index in [-0.39, 0.29) is 18.9 Å². The van der Waals surface area contributed by atoms with Gasteiger partial charge in [-0.05, 0) is 36.8 Å². The first-order chi connectivity index (χ1) is 15.7. The van der Waals surface area contributed by atoms with E-state index in [9.17, 15) is 18.0 Å². The van der Waals surface area contributed by atoms with Gasteiger partial charge in [-0.15, -0.1) is 0 Å². The predicted molar refractivity (Wildman–Crippen MR) is 116 cm³/mol. The molecule has 2 atom stereocenters. The molecule has 0 aliphatic carbocycles. The van der Waals surface area contributed by atoms with Gasteiger partial charge in [0.1, 0.15) is 18.4 Å². The van der Waals surface area contributed by atoms with Crippen LogP contribution in [0.1, 0.15) is 24.5 Å². The Morgan fingerprint density at radius 3 is 2.52 bits per heavy atom. The Kier molecular flexibility index (Phi) is 7.93. The molecule has 0 unspecified atom stereocenters. The Balaban J connectivity index is 1.84. The number of alkyl halides is 3. The molecule has 0 aromatic heterocycles. The maximum atomic E-state index is 13.1. The van der Waals surface area contributed by atoms with Gasteiger partial charge in [0.15, 0.2) is 5.54 Å². The topological polar surface area (TPSA) is 92.2 Å². The number of nitrogens with one attached hydrogen (secondary N) is 2. The lowest BCUT2D eigenvalue weighted by Gasteiger charge is -2.28. The monoisotopic (exact) mass is 465 g/mol. The number of hydrogen-bond acceptors (Lipinski definition) is 6. The average molecular weight is 465 g/mol. The maximum Gasteiger partial charge on any atom is 0.402 e. The van der Waals surface area contributed by atoms with Crippen LogP contribution in [-0.4, -0.2) is 54.5 Å². The molecular formula is C23H26F3N3O4. The van der Waals surface area contributed by atoms with Crippen LogP contribution in [0.5, 0.6) is 5.75 Å². The van der Waals surface area contributed by atoms with Crippen molar-refractivity contribution in [2.75, 3.05) is 19.8 Å². The second-order valence-corrected chi connectivity index (χ2v) is 7.64. The third kappa shape index (κ3) is 6.45. The Morgan fingerprint density at radius 2 is 1.88 bits per heavy atom. The molecule has 0 fully saturated rings. The van der Waals surface area contributed by atoms with E-state index in [1.807, 2.05) is 35.8 Å². The molecule has 178 valence electrons. The molecule has 0 bridgehead atoms. The molecule has 1 heterocycles. The van der Waals surface area contributed by atoms with E-state index in [0.717, 1.165) is 5.56 Å². The summed E-state index contributed by atoms with van der Waals surface area (Å²) >= 11 is 0. The van der Waals surface area contributed by atoms with Gasteiger partial charge in [0.25, 0.3) is 5.91 Å². The van der Waals surface area contributed by atoms with E-state index in [4.69, 9.17) is 14.6 Å². The molecule has 0 saturated carbocycles. The zero-order valence-corrected chi connectivity index (χ0v) is 18.1. The third-order valence-electron chi connectivity index (χ3n) is 5.13. The fourth-order valence-corrected chi connectivity index (χ4v) is 3.38. The van der Waals surface area contributed by atoms with Crippen LogP contribution in [0, 0.1) is 0 Å². The molecule has 10 heteroatoms. The summed E-state index contributed by atoms with van der Waals surface area (Å²) in [7, 11) is 0. The van der Waals surface area contributed by atoms with Crippen LogP contribution in [0.25, 0.3) is 0 Å². The Bertz CT molecular complexity index is 952. The number of benzene rings is 2. The summed E-state index contributed by atoms with van der Waals surface area (Å²) in [5.41, 5.74) is 4.00. The quantitative estimate of drug-likeness (QED) is 0.371. The molecule has 7 nitrogen and oxygen atoms in total. The van der Waals surface area contributed by atoms with Crippen molar-refractivity contribution in [1.82, 2.24) is 10.9 Å². The highest BCUT2D eigenvalue weighted by molar-refractivity contribution is 6.00. The number of carbonyl (C=O) groups is 1.